The van der Waals surface area contributed by atoms with E-state index < -0.39 is 0 Å². The first-order valence-electron chi connectivity index (χ1n) is 5.90. The van der Waals surface area contributed by atoms with E-state index >= 15 is 0 Å². The Bertz CT molecular complexity index is 520. The first-order valence-corrected chi connectivity index (χ1v) is 6.69. The highest BCUT2D eigenvalue weighted by molar-refractivity contribution is 9.10. The van der Waals surface area contributed by atoms with Crippen molar-refractivity contribution in [1.82, 2.24) is 0 Å². The molecule has 0 radical (unpaired) electrons. The van der Waals surface area contributed by atoms with Gasteiger partial charge in [-0.2, -0.15) is 0 Å². The third-order valence-corrected chi connectivity index (χ3v) is 3.65. The van der Waals surface area contributed by atoms with Crippen molar-refractivity contribution in [3.8, 4) is 5.75 Å². The van der Waals surface area contributed by atoms with Crippen LogP contribution in [-0.4, -0.2) is 12.6 Å². The number of esters is 1. The molecule has 4 heteroatoms. The van der Waals surface area contributed by atoms with Crippen LogP contribution < -0.4 is 4.74 Å². The van der Waals surface area contributed by atoms with E-state index in [1.54, 1.807) is 13.8 Å². The summed E-state index contributed by atoms with van der Waals surface area (Å²) in [6.45, 7) is 5.95. The molecule has 0 saturated carbocycles. The fourth-order valence-corrected chi connectivity index (χ4v) is 2.63. The SMILES string of the molecule is CCOC(=O)C1=C(C)Oc2c(Br)cccc2C1C. The third kappa shape index (κ3) is 2.17. The van der Waals surface area contributed by atoms with Gasteiger partial charge in [0.1, 0.15) is 11.5 Å². The van der Waals surface area contributed by atoms with Gasteiger partial charge in [-0.3, -0.25) is 0 Å². The molecule has 1 aromatic carbocycles. The van der Waals surface area contributed by atoms with Crippen molar-refractivity contribution >= 4 is 21.9 Å². The molecular weight excluding hydrogens is 296 g/mol. The van der Waals surface area contributed by atoms with E-state index in [0.717, 1.165) is 15.8 Å². The van der Waals surface area contributed by atoms with Crippen LogP contribution >= 0.6 is 15.9 Å². The van der Waals surface area contributed by atoms with Gasteiger partial charge in [0.2, 0.25) is 0 Å². The standard InChI is InChI=1S/C14H15BrO3/c1-4-17-14(16)12-8(2)10-6-5-7-11(15)13(10)18-9(12)3/h5-8H,4H2,1-3H3. The molecule has 1 atom stereocenters. The summed E-state index contributed by atoms with van der Waals surface area (Å²) in [7, 11) is 0. The molecule has 18 heavy (non-hydrogen) atoms. The molecule has 0 N–H and O–H groups in total. The topological polar surface area (TPSA) is 35.5 Å². The van der Waals surface area contributed by atoms with Crippen LogP contribution in [0.1, 0.15) is 32.3 Å². The van der Waals surface area contributed by atoms with Crippen molar-refractivity contribution in [2.75, 3.05) is 6.61 Å². The molecule has 1 heterocycles. The summed E-state index contributed by atoms with van der Waals surface area (Å²) in [5, 5.41) is 0. The summed E-state index contributed by atoms with van der Waals surface area (Å²) < 4.78 is 11.7. The highest BCUT2D eigenvalue weighted by Crippen LogP contribution is 2.42. The Labute approximate surface area is 115 Å². The van der Waals surface area contributed by atoms with E-state index in [0.29, 0.717) is 17.9 Å². The van der Waals surface area contributed by atoms with Crippen LogP contribution in [0.2, 0.25) is 0 Å². The monoisotopic (exact) mass is 310 g/mol. The van der Waals surface area contributed by atoms with Gasteiger partial charge in [0.25, 0.3) is 0 Å². The number of rotatable bonds is 2. The number of carbonyl (C=O) groups is 1. The Kier molecular flexibility index (Phi) is 3.76. The van der Waals surface area contributed by atoms with Crippen molar-refractivity contribution in [1.29, 1.82) is 0 Å². The predicted molar refractivity (Wildman–Crippen MR) is 72.5 cm³/mol. The Balaban J connectivity index is 2.45. The minimum atomic E-state index is -0.298. The number of hydrogen-bond donors (Lipinski definition) is 0. The van der Waals surface area contributed by atoms with E-state index in [2.05, 4.69) is 15.9 Å². The zero-order chi connectivity index (χ0) is 13.3. The van der Waals surface area contributed by atoms with Gasteiger partial charge < -0.3 is 9.47 Å². The summed E-state index contributed by atoms with van der Waals surface area (Å²) in [6.07, 6.45) is 0. The maximum absolute atomic E-state index is 11.9. The summed E-state index contributed by atoms with van der Waals surface area (Å²) >= 11 is 3.46. The molecule has 2 rings (SSSR count). The molecule has 1 aliphatic heterocycles. The molecule has 0 aromatic heterocycles. The van der Waals surface area contributed by atoms with Gasteiger partial charge in [-0.05, 0) is 35.8 Å². The Morgan fingerprint density at radius 2 is 2.22 bits per heavy atom. The molecule has 1 aliphatic rings. The summed E-state index contributed by atoms with van der Waals surface area (Å²) in [5.41, 5.74) is 1.60. The summed E-state index contributed by atoms with van der Waals surface area (Å²) in [4.78, 5) is 11.9. The molecule has 3 nitrogen and oxygen atoms in total. The number of halogens is 1. The van der Waals surface area contributed by atoms with Crippen molar-refractivity contribution < 1.29 is 14.3 Å². The number of ether oxygens (including phenoxy) is 2. The van der Waals surface area contributed by atoms with Gasteiger partial charge in [-0.25, -0.2) is 4.79 Å². The summed E-state index contributed by atoms with van der Waals surface area (Å²) in [5.74, 6) is 1.08. The van der Waals surface area contributed by atoms with Crippen molar-refractivity contribution in [3.05, 3.63) is 39.6 Å². The van der Waals surface area contributed by atoms with Crippen LogP contribution in [0.3, 0.4) is 0 Å². The lowest BCUT2D eigenvalue weighted by molar-refractivity contribution is -0.139. The van der Waals surface area contributed by atoms with E-state index in [4.69, 9.17) is 9.47 Å². The number of fused-ring (bicyclic) bond motifs is 1. The first-order chi connectivity index (χ1) is 8.56. The Morgan fingerprint density at radius 1 is 1.50 bits per heavy atom. The fourth-order valence-electron chi connectivity index (χ4n) is 2.17. The maximum atomic E-state index is 11.9. The molecule has 0 fully saturated rings. The van der Waals surface area contributed by atoms with Gasteiger partial charge >= 0.3 is 5.97 Å². The Hall–Kier alpha value is -1.29. The molecular formula is C14H15BrO3. The largest absolute Gasteiger partial charge is 0.463 e. The number of allylic oxidation sites excluding steroid dienone is 1. The molecule has 1 aromatic rings. The van der Waals surface area contributed by atoms with Crippen molar-refractivity contribution in [3.63, 3.8) is 0 Å². The highest BCUT2D eigenvalue weighted by Gasteiger charge is 2.31. The highest BCUT2D eigenvalue weighted by atomic mass is 79.9. The van der Waals surface area contributed by atoms with E-state index in [-0.39, 0.29) is 11.9 Å². The quantitative estimate of drug-likeness (QED) is 0.780. The molecule has 96 valence electrons. The number of carbonyl (C=O) groups excluding carboxylic acids is 1. The lowest BCUT2D eigenvalue weighted by atomic mass is 9.89. The molecule has 0 amide bonds. The maximum Gasteiger partial charge on any atom is 0.338 e. The first kappa shape index (κ1) is 13.1. The second-order valence-electron chi connectivity index (χ2n) is 4.17. The lowest BCUT2D eigenvalue weighted by Crippen LogP contribution is -2.21. The zero-order valence-corrected chi connectivity index (χ0v) is 12.2. The van der Waals surface area contributed by atoms with Crippen LogP contribution in [0.15, 0.2) is 34.0 Å². The molecule has 0 aliphatic carbocycles. The van der Waals surface area contributed by atoms with Crippen molar-refractivity contribution in [2.24, 2.45) is 0 Å². The van der Waals surface area contributed by atoms with Gasteiger partial charge in [0.05, 0.1) is 16.7 Å². The molecule has 1 unspecified atom stereocenters. The fraction of sp³-hybridized carbons (Fsp3) is 0.357. The van der Waals surface area contributed by atoms with Crippen LogP contribution in [-0.2, 0) is 9.53 Å². The average molecular weight is 311 g/mol. The predicted octanol–water partition coefficient (Wildman–Crippen LogP) is 3.78. The van der Waals surface area contributed by atoms with Crippen LogP contribution in [0.4, 0.5) is 0 Å². The zero-order valence-electron chi connectivity index (χ0n) is 10.6. The van der Waals surface area contributed by atoms with Gasteiger partial charge in [0, 0.05) is 11.5 Å². The average Bonchev–Trinajstić information content (AvgIpc) is 2.31. The minimum absolute atomic E-state index is 0.0229. The second-order valence-corrected chi connectivity index (χ2v) is 5.03. The molecule has 0 saturated heterocycles. The second kappa shape index (κ2) is 5.14. The molecule has 0 bridgehead atoms. The van der Waals surface area contributed by atoms with Gasteiger partial charge in [-0.15, -0.1) is 0 Å². The number of benzene rings is 1. The van der Waals surface area contributed by atoms with E-state index in [1.807, 2.05) is 25.1 Å². The van der Waals surface area contributed by atoms with Crippen LogP contribution in [0.25, 0.3) is 0 Å². The van der Waals surface area contributed by atoms with Crippen molar-refractivity contribution in [2.45, 2.75) is 26.7 Å². The minimum Gasteiger partial charge on any atom is -0.463 e. The van der Waals surface area contributed by atoms with Crippen LogP contribution in [0, 0.1) is 0 Å². The lowest BCUT2D eigenvalue weighted by Gasteiger charge is -2.26. The van der Waals surface area contributed by atoms with Crippen LogP contribution in [0.5, 0.6) is 5.75 Å². The van der Waals surface area contributed by atoms with Gasteiger partial charge in [0.15, 0.2) is 0 Å². The summed E-state index contributed by atoms with van der Waals surface area (Å²) in [6, 6.07) is 5.83. The normalized spacial score (nSPS) is 18.1. The smallest absolute Gasteiger partial charge is 0.338 e. The number of hydrogen-bond acceptors (Lipinski definition) is 3. The number of para-hydroxylation sites is 1. The molecule has 0 spiro atoms. The Morgan fingerprint density at radius 3 is 2.89 bits per heavy atom. The van der Waals surface area contributed by atoms with Gasteiger partial charge in [-0.1, -0.05) is 19.1 Å². The van der Waals surface area contributed by atoms with E-state index in [1.165, 1.54) is 0 Å². The van der Waals surface area contributed by atoms with E-state index in [9.17, 15) is 4.79 Å². The third-order valence-electron chi connectivity index (χ3n) is 3.03.